The van der Waals surface area contributed by atoms with Crippen molar-refractivity contribution in [2.45, 2.75) is 25.7 Å². The molecule has 0 spiro atoms. The van der Waals surface area contributed by atoms with Crippen LogP contribution in [0.3, 0.4) is 0 Å². The second-order valence-electron chi connectivity index (χ2n) is 4.40. The molecule has 0 aliphatic rings. The predicted octanol–water partition coefficient (Wildman–Crippen LogP) is 0.288. The SMILES string of the molecule is CNC(=O)C(C)NCC(O)COCc1ccccc1. The number of aliphatic hydroxyl groups excluding tert-OH is 1. The van der Waals surface area contributed by atoms with Crippen molar-refractivity contribution in [2.75, 3.05) is 20.2 Å². The minimum absolute atomic E-state index is 0.0996. The van der Waals surface area contributed by atoms with Crippen LogP contribution in [-0.2, 0) is 16.1 Å². The van der Waals surface area contributed by atoms with Crippen molar-refractivity contribution >= 4 is 5.91 Å². The summed E-state index contributed by atoms with van der Waals surface area (Å²) in [6.45, 7) is 2.78. The van der Waals surface area contributed by atoms with Gasteiger partial charge in [-0.25, -0.2) is 0 Å². The number of likely N-dealkylation sites (N-methyl/N-ethyl adjacent to an activating group) is 1. The number of amides is 1. The Kier molecular flexibility index (Phi) is 7.10. The van der Waals surface area contributed by atoms with Crippen LogP contribution in [0.15, 0.2) is 30.3 Å². The molecule has 1 rings (SSSR count). The number of nitrogens with one attached hydrogen (secondary N) is 2. The maximum Gasteiger partial charge on any atom is 0.236 e. The normalized spacial score (nSPS) is 13.8. The van der Waals surface area contributed by atoms with E-state index in [0.29, 0.717) is 13.2 Å². The number of benzene rings is 1. The lowest BCUT2D eigenvalue weighted by molar-refractivity contribution is -0.122. The summed E-state index contributed by atoms with van der Waals surface area (Å²) in [7, 11) is 1.58. The zero-order chi connectivity index (χ0) is 14.1. The molecule has 5 heteroatoms. The second-order valence-corrected chi connectivity index (χ2v) is 4.40. The quantitative estimate of drug-likeness (QED) is 0.632. The van der Waals surface area contributed by atoms with Gasteiger partial charge >= 0.3 is 0 Å². The third-order valence-corrected chi connectivity index (χ3v) is 2.72. The molecule has 0 heterocycles. The van der Waals surface area contributed by atoms with Crippen LogP contribution in [0.2, 0.25) is 0 Å². The molecular weight excluding hydrogens is 244 g/mol. The van der Waals surface area contributed by atoms with Gasteiger partial charge in [-0.1, -0.05) is 30.3 Å². The highest BCUT2D eigenvalue weighted by atomic mass is 16.5. The van der Waals surface area contributed by atoms with Crippen molar-refractivity contribution in [1.29, 1.82) is 0 Å². The molecule has 1 aromatic rings. The van der Waals surface area contributed by atoms with E-state index in [9.17, 15) is 9.90 Å². The first-order valence-corrected chi connectivity index (χ1v) is 6.38. The molecule has 2 unspecified atom stereocenters. The maximum absolute atomic E-state index is 11.2. The third-order valence-electron chi connectivity index (χ3n) is 2.72. The smallest absolute Gasteiger partial charge is 0.236 e. The molecule has 0 radical (unpaired) electrons. The highest BCUT2D eigenvalue weighted by Gasteiger charge is 2.12. The van der Waals surface area contributed by atoms with Gasteiger partial charge in [-0.3, -0.25) is 4.79 Å². The number of aliphatic hydroxyl groups is 1. The Hall–Kier alpha value is -1.43. The molecule has 0 aliphatic carbocycles. The van der Waals surface area contributed by atoms with Crippen LogP contribution in [0.4, 0.5) is 0 Å². The van der Waals surface area contributed by atoms with Crippen molar-refractivity contribution in [3.8, 4) is 0 Å². The minimum Gasteiger partial charge on any atom is -0.389 e. The molecule has 5 nitrogen and oxygen atoms in total. The number of carbonyl (C=O) groups excluding carboxylic acids is 1. The Bertz CT molecular complexity index is 370. The van der Waals surface area contributed by atoms with E-state index in [-0.39, 0.29) is 18.6 Å². The third kappa shape index (κ3) is 6.33. The first-order valence-electron chi connectivity index (χ1n) is 6.38. The van der Waals surface area contributed by atoms with E-state index in [4.69, 9.17) is 4.74 Å². The Morgan fingerprint density at radius 2 is 2.05 bits per heavy atom. The second kappa shape index (κ2) is 8.63. The van der Waals surface area contributed by atoms with Gasteiger partial charge in [0.15, 0.2) is 0 Å². The van der Waals surface area contributed by atoms with Crippen LogP contribution in [0.1, 0.15) is 12.5 Å². The van der Waals surface area contributed by atoms with Gasteiger partial charge in [0.1, 0.15) is 0 Å². The van der Waals surface area contributed by atoms with Gasteiger partial charge in [0.25, 0.3) is 0 Å². The molecule has 1 aromatic carbocycles. The summed E-state index contributed by atoms with van der Waals surface area (Å²) in [5.41, 5.74) is 1.07. The minimum atomic E-state index is -0.629. The summed E-state index contributed by atoms with van der Waals surface area (Å²) < 4.78 is 5.41. The standard InChI is InChI=1S/C14H22N2O3/c1-11(14(18)15-2)16-8-13(17)10-19-9-12-6-4-3-5-7-12/h3-7,11,13,16-17H,8-10H2,1-2H3,(H,15,18). The van der Waals surface area contributed by atoms with Crippen molar-refractivity contribution in [1.82, 2.24) is 10.6 Å². The number of hydrogen-bond acceptors (Lipinski definition) is 4. The average molecular weight is 266 g/mol. The van der Waals surface area contributed by atoms with Crippen molar-refractivity contribution < 1.29 is 14.6 Å². The topological polar surface area (TPSA) is 70.6 Å². The number of carbonyl (C=O) groups is 1. The number of rotatable bonds is 8. The van der Waals surface area contributed by atoms with Crippen molar-refractivity contribution in [3.05, 3.63) is 35.9 Å². The van der Waals surface area contributed by atoms with Gasteiger partial charge in [0.05, 0.1) is 25.4 Å². The highest BCUT2D eigenvalue weighted by molar-refractivity contribution is 5.80. The Balaban J connectivity index is 2.14. The van der Waals surface area contributed by atoms with Gasteiger partial charge in [-0.2, -0.15) is 0 Å². The molecule has 19 heavy (non-hydrogen) atoms. The van der Waals surface area contributed by atoms with Crippen LogP contribution < -0.4 is 10.6 Å². The fourth-order valence-corrected chi connectivity index (χ4v) is 1.57. The van der Waals surface area contributed by atoms with Crippen molar-refractivity contribution in [2.24, 2.45) is 0 Å². The first kappa shape index (κ1) is 15.6. The average Bonchev–Trinajstić information content (AvgIpc) is 2.45. The molecule has 106 valence electrons. The Labute approximate surface area is 114 Å². The van der Waals surface area contributed by atoms with E-state index in [1.54, 1.807) is 14.0 Å². The van der Waals surface area contributed by atoms with E-state index < -0.39 is 6.10 Å². The monoisotopic (exact) mass is 266 g/mol. The lowest BCUT2D eigenvalue weighted by atomic mass is 10.2. The predicted molar refractivity (Wildman–Crippen MR) is 73.6 cm³/mol. The van der Waals surface area contributed by atoms with E-state index in [1.807, 2.05) is 30.3 Å². The molecule has 2 atom stereocenters. The van der Waals surface area contributed by atoms with Gasteiger partial charge in [0, 0.05) is 13.6 Å². The number of hydrogen-bond donors (Lipinski definition) is 3. The lowest BCUT2D eigenvalue weighted by Crippen LogP contribution is -2.44. The summed E-state index contributed by atoms with van der Waals surface area (Å²) in [4.78, 5) is 11.2. The van der Waals surface area contributed by atoms with E-state index >= 15 is 0 Å². The Morgan fingerprint density at radius 3 is 2.68 bits per heavy atom. The lowest BCUT2D eigenvalue weighted by Gasteiger charge is -2.16. The molecule has 0 fully saturated rings. The summed E-state index contributed by atoms with van der Waals surface area (Å²) in [6.07, 6.45) is -0.629. The van der Waals surface area contributed by atoms with E-state index in [0.717, 1.165) is 5.56 Å². The fraction of sp³-hybridized carbons (Fsp3) is 0.500. The maximum atomic E-state index is 11.2. The molecule has 3 N–H and O–H groups in total. The molecule has 0 aromatic heterocycles. The molecule has 0 saturated heterocycles. The van der Waals surface area contributed by atoms with Gasteiger partial charge < -0.3 is 20.5 Å². The van der Waals surface area contributed by atoms with Crippen molar-refractivity contribution in [3.63, 3.8) is 0 Å². The molecule has 1 amide bonds. The van der Waals surface area contributed by atoms with Gasteiger partial charge in [0.2, 0.25) is 5.91 Å². The van der Waals surface area contributed by atoms with Crippen LogP contribution in [-0.4, -0.2) is 43.4 Å². The Morgan fingerprint density at radius 1 is 1.37 bits per heavy atom. The highest BCUT2D eigenvalue weighted by Crippen LogP contribution is 2.00. The van der Waals surface area contributed by atoms with Crippen LogP contribution in [0.5, 0.6) is 0 Å². The fourth-order valence-electron chi connectivity index (χ4n) is 1.57. The number of ether oxygens (including phenoxy) is 1. The van der Waals surface area contributed by atoms with Gasteiger partial charge in [-0.05, 0) is 12.5 Å². The summed E-state index contributed by atoms with van der Waals surface area (Å²) in [6, 6.07) is 9.45. The van der Waals surface area contributed by atoms with Crippen LogP contribution in [0, 0.1) is 0 Å². The molecule has 0 saturated carbocycles. The zero-order valence-corrected chi connectivity index (χ0v) is 11.4. The summed E-state index contributed by atoms with van der Waals surface area (Å²) in [5.74, 6) is -0.0996. The summed E-state index contributed by atoms with van der Waals surface area (Å²) in [5, 5.41) is 15.2. The molecule has 0 bridgehead atoms. The van der Waals surface area contributed by atoms with E-state index in [1.165, 1.54) is 0 Å². The molecular formula is C14H22N2O3. The van der Waals surface area contributed by atoms with Gasteiger partial charge in [-0.15, -0.1) is 0 Å². The van der Waals surface area contributed by atoms with Crippen LogP contribution >= 0.6 is 0 Å². The molecule has 0 aliphatic heterocycles. The van der Waals surface area contributed by atoms with E-state index in [2.05, 4.69) is 10.6 Å². The summed E-state index contributed by atoms with van der Waals surface area (Å²) >= 11 is 0. The first-order chi connectivity index (χ1) is 9.13. The van der Waals surface area contributed by atoms with Crippen LogP contribution in [0.25, 0.3) is 0 Å². The largest absolute Gasteiger partial charge is 0.389 e. The zero-order valence-electron chi connectivity index (χ0n) is 11.4.